The van der Waals surface area contributed by atoms with Crippen LogP contribution in [0.4, 0.5) is 10.2 Å². The van der Waals surface area contributed by atoms with Crippen molar-refractivity contribution in [1.82, 2.24) is 10.1 Å². The Balaban J connectivity index is 2.20. The number of aromatic nitrogens is 2. The normalized spacial score (nSPS) is 12.4. The molecule has 140 valence electrons. The molecule has 3 rings (SSSR count). The average Bonchev–Trinajstić information content (AvgIpc) is 3.18. The van der Waals surface area contributed by atoms with Gasteiger partial charge >= 0.3 is 0 Å². The van der Waals surface area contributed by atoms with E-state index >= 15 is 0 Å². The van der Waals surface area contributed by atoms with Gasteiger partial charge in [0.05, 0.1) is 15.5 Å². The highest BCUT2D eigenvalue weighted by Crippen LogP contribution is 2.34. The molecule has 8 heteroatoms. The van der Waals surface area contributed by atoms with Crippen LogP contribution in [-0.2, 0) is 9.84 Å². The molecule has 0 saturated carbocycles. The van der Waals surface area contributed by atoms with E-state index in [1.54, 1.807) is 19.9 Å². The van der Waals surface area contributed by atoms with Gasteiger partial charge < -0.3 is 9.51 Å². The first-order chi connectivity index (χ1) is 12.8. The molecule has 3 aromatic rings. The topological polar surface area (TPSA) is 88.3 Å². The van der Waals surface area contributed by atoms with Crippen LogP contribution in [0.25, 0.3) is 11.6 Å². The highest BCUT2D eigenvalue weighted by Gasteiger charge is 2.25. The summed E-state index contributed by atoms with van der Waals surface area (Å²) in [6, 6.07) is 4.88. The van der Waals surface area contributed by atoms with Gasteiger partial charge in [-0.2, -0.15) is 0 Å². The number of aryl methyl sites for hydroxylation is 2. The number of halogens is 1. The molecule has 0 aliphatic rings. The van der Waals surface area contributed by atoms with E-state index < -0.39 is 15.7 Å². The van der Waals surface area contributed by atoms with Crippen molar-refractivity contribution in [3.63, 3.8) is 0 Å². The Hall–Kier alpha value is -3.00. The first-order valence-electron chi connectivity index (χ1n) is 8.06. The SMILES string of the molecule is C=Nc1[nH]cc(S(=O)(=O)c2cccc(F)c2)c1/C=C(\C)c1c(C)noc1C. The van der Waals surface area contributed by atoms with Gasteiger partial charge in [0.1, 0.15) is 17.4 Å². The van der Waals surface area contributed by atoms with Gasteiger partial charge in [-0.3, -0.25) is 0 Å². The lowest BCUT2D eigenvalue weighted by Gasteiger charge is -2.06. The van der Waals surface area contributed by atoms with Crippen molar-refractivity contribution >= 4 is 34.0 Å². The molecule has 1 N–H and O–H groups in total. The first kappa shape index (κ1) is 18.8. The number of nitrogens with zero attached hydrogens (tertiary/aromatic N) is 2. The Morgan fingerprint density at radius 1 is 1.37 bits per heavy atom. The lowest BCUT2D eigenvalue weighted by molar-refractivity contribution is 0.393. The summed E-state index contributed by atoms with van der Waals surface area (Å²) in [6.45, 7) is 8.89. The Bertz CT molecular complexity index is 1140. The van der Waals surface area contributed by atoms with E-state index in [9.17, 15) is 12.8 Å². The van der Waals surface area contributed by atoms with E-state index in [1.807, 2.05) is 6.92 Å². The molecule has 0 bridgehead atoms. The molecule has 27 heavy (non-hydrogen) atoms. The van der Waals surface area contributed by atoms with Crippen LogP contribution in [0.3, 0.4) is 0 Å². The fourth-order valence-electron chi connectivity index (χ4n) is 2.99. The third kappa shape index (κ3) is 3.35. The number of aliphatic imine (C=N–C) groups is 1. The van der Waals surface area contributed by atoms with Crippen LogP contribution in [0.15, 0.2) is 49.8 Å². The second kappa shape index (κ2) is 6.96. The summed E-state index contributed by atoms with van der Waals surface area (Å²) in [6.07, 6.45) is 3.01. The maximum Gasteiger partial charge on any atom is 0.208 e. The van der Waals surface area contributed by atoms with Crippen LogP contribution >= 0.6 is 0 Å². The van der Waals surface area contributed by atoms with E-state index in [4.69, 9.17) is 4.52 Å². The maximum atomic E-state index is 13.5. The third-order valence-corrected chi connectivity index (χ3v) is 5.99. The molecule has 0 amide bonds. The van der Waals surface area contributed by atoms with Crippen LogP contribution in [0, 0.1) is 19.7 Å². The van der Waals surface area contributed by atoms with E-state index in [0.717, 1.165) is 17.2 Å². The smallest absolute Gasteiger partial charge is 0.208 e. The van der Waals surface area contributed by atoms with Gasteiger partial charge in [0.15, 0.2) is 0 Å². The van der Waals surface area contributed by atoms with Crippen molar-refractivity contribution in [1.29, 1.82) is 0 Å². The van der Waals surface area contributed by atoms with E-state index in [-0.39, 0.29) is 9.79 Å². The van der Waals surface area contributed by atoms with Crippen molar-refractivity contribution in [2.75, 3.05) is 0 Å². The predicted octanol–water partition coefficient (Wildman–Crippen LogP) is 4.48. The number of nitrogens with one attached hydrogen (secondary N) is 1. The monoisotopic (exact) mass is 387 g/mol. The summed E-state index contributed by atoms with van der Waals surface area (Å²) in [5, 5.41) is 3.92. The quantitative estimate of drug-likeness (QED) is 0.654. The third-order valence-electron chi connectivity index (χ3n) is 4.20. The zero-order valence-corrected chi connectivity index (χ0v) is 15.9. The van der Waals surface area contributed by atoms with Gasteiger partial charge in [-0.05, 0) is 57.3 Å². The molecule has 0 atom stereocenters. The summed E-state index contributed by atoms with van der Waals surface area (Å²) < 4.78 is 44.8. The number of hydrogen-bond acceptors (Lipinski definition) is 5. The lowest BCUT2D eigenvalue weighted by atomic mass is 10.0. The van der Waals surface area contributed by atoms with Gasteiger partial charge in [-0.1, -0.05) is 11.2 Å². The Morgan fingerprint density at radius 2 is 2.11 bits per heavy atom. The summed E-state index contributed by atoms with van der Waals surface area (Å²) >= 11 is 0. The zero-order chi connectivity index (χ0) is 19.8. The van der Waals surface area contributed by atoms with Crippen LogP contribution in [0.2, 0.25) is 0 Å². The van der Waals surface area contributed by atoms with Crippen molar-refractivity contribution in [2.24, 2.45) is 4.99 Å². The average molecular weight is 387 g/mol. The van der Waals surface area contributed by atoms with E-state index in [0.29, 0.717) is 22.8 Å². The van der Waals surface area contributed by atoms with Gasteiger partial charge in [0.2, 0.25) is 9.84 Å². The van der Waals surface area contributed by atoms with Crippen molar-refractivity contribution in [3.05, 3.63) is 58.9 Å². The summed E-state index contributed by atoms with van der Waals surface area (Å²) in [4.78, 5) is 6.53. The molecule has 0 fully saturated rings. The molecule has 6 nitrogen and oxygen atoms in total. The molecular weight excluding hydrogens is 369 g/mol. The number of benzene rings is 1. The van der Waals surface area contributed by atoms with Gasteiger partial charge in [0, 0.05) is 17.3 Å². The van der Waals surface area contributed by atoms with Crippen molar-refractivity contribution < 1.29 is 17.3 Å². The fourth-order valence-corrected chi connectivity index (χ4v) is 4.43. The Labute approximate surface area is 156 Å². The highest BCUT2D eigenvalue weighted by atomic mass is 32.2. The lowest BCUT2D eigenvalue weighted by Crippen LogP contribution is -2.03. The summed E-state index contributed by atoms with van der Waals surface area (Å²) in [5.41, 5.74) is 2.58. The Kier molecular flexibility index (Phi) is 4.84. The number of sulfone groups is 1. The predicted molar refractivity (Wildman–Crippen MR) is 101 cm³/mol. The van der Waals surface area contributed by atoms with Crippen molar-refractivity contribution in [3.8, 4) is 0 Å². The molecular formula is C19H18FN3O3S. The molecule has 0 aliphatic carbocycles. The molecule has 0 radical (unpaired) electrons. The van der Waals surface area contributed by atoms with Crippen LogP contribution in [0.5, 0.6) is 0 Å². The van der Waals surface area contributed by atoms with Gasteiger partial charge in [-0.25, -0.2) is 17.8 Å². The number of H-pyrrole nitrogens is 1. The molecule has 1 aromatic carbocycles. The summed E-state index contributed by atoms with van der Waals surface area (Å²) in [7, 11) is -3.96. The zero-order valence-electron chi connectivity index (χ0n) is 15.1. The van der Waals surface area contributed by atoms with Crippen LogP contribution in [-0.4, -0.2) is 25.3 Å². The minimum absolute atomic E-state index is 0.0124. The van der Waals surface area contributed by atoms with Crippen molar-refractivity contribution in [2.45, 2.75) is 30.6 Å². The highest BCUT2D eigenvalue weighted by molar-refractivity contribution is 7.91. The number of allylic oxidation sites excluding steroid dienone is 1. The van der Waals surface area contributed by atoms with Crippen LogP contribution in [0.1, 0.15) is 29.5 Å². The minimum Gasteiger partial charge on any atom is -0.361 e. The van der Waals surface area contributed by atoms with Gasteiger partial charge in [0.25, 0.3) is 0 Å². The molecule has 2 heterocycles. The second-order valence-corrected chi connectivity index (χ2v) is 7.98. The second-order valence-electron chi connectivity index (χ2n) is 6.06. The molecule has 0 unspecified atom stereocenters. The minimum atomic E-state index is -3.96. The molecule has 2 aromatic heterocycles. The summed E-state index contributed by atoms with van der Waals surface area (Å²) in [5.74, 6) is 0.299. The Morgan fingerprint density at radius 3 is 2.70 bits per heavy atom. The fraction of sp³-hybridized carbons (Fsp3) is 0.158. The largest absolute Gasteiger partial charge is 0.361 e. The number of hydrogen-bond donors (Lipinski definition) is 1. The number of rotatable bonds is 5. The number of aromatic amines is 1. The van der Waals surface area contributed by atoms with E-state index in [1.165, 1.54) is 24.4 Å². The standard InChI is InChI=1S/C19H18FN3O3S/c1-11(18-12(2)23-26-13(18)3)8-16-17(10-22-19(16)21-4)27(24,25)15-7-5-6-14(20)9-15/h5-10,22H,4H2,1-3H3/b11-8+. The molecule has 0 aliphatic heterocycles. The maximum absolute atomic E-state index is 13.5. The molecule has 0 spiro atoms. The van der Waals surface area contributed by atoms with E-state index in [2.05, 4.69) is 21.9 Å². The molecule has 0 saturated heterocycles. The van der Waals surface area contributed by atoms with Gasteiger partial charge in [-0.15, -0.1) is 0 Å². The first-order valence-corrected chi connectivity index (χ1v) is 9.54. The van der Waals surface area contributed by atoms with Crippen LogP contribution < -0.4 is 0 Å².